The maximum atomic E-state index is 4.51. The molecule has 90 valence electrons. The third kappa shape index (κ3) is 2.02. The minimum atomic E-state index is 0.530. The van der Waals surface area contributed by atoms with Crippen LogP contribution in [0.2, 0.25) is 0 Å². The Kier molecular flexibility index (Phi) is 2.85. The van der Waals surface area contributed by atoms with Crippen molar-refractivity contribution in [3.05, 3.63) is 35.2 Å². The molecule has 0 amide bonds. The third-order valence-electron chi connectivity index (χ3n) is 2.69. The van der Waals surface area contributed by atoms with Crippen molar-refractivity contribution in [2.45, 2.75) is 13.3 Å². The van der Waals surface area contributed by atoms with E-state index in [1.807, 2.05) is 5.38 Å². The number of aromatic nitrogens is 5. The number of rotatable bonds is 3. The number of H-pyrrole nitrogens is 1. The van der Waals surface area contributed by atoms with Crippen LogP contribution in [0.5, 0.6) is 0 Å². The Morgan fingerprint density at radius 1 is 1.22 bits per heavy atom. The first-order valence-electron chi connectivity index (χ1n) is 5.65. The number of benzene rings is 1. The standard InChI is InChI=1S/C12H11N5S/c1-2-8-3-5-9(6-4-8)12-13-10(7-18-12)11-14-16-17-15-11/h3-7H,2H2,1H3,(H,14,15,16,17). The summed E-state index contributed by atoms with van der Waals surface area (Å²) in [5.74, 6) is 0.530. The van der Waals surface area contributed by atoms with Crippen molar-refractivity contribution in [1.29, 1.82) is 0 Å². The summed E-state index contributed by atoms with van der Waals surface area (Å²) < 4.78 is 0. The van der Waals surface area contributed by atoms with Gasteiger partial charge in [0.05, 0.1) is 0 Å². The topological polar surface area (TPSA) is 67.3 Å². The predicted molar refractivity (Wildman–Crippen MR) is 70.1 cm³/mol. The molecule has 0 atom stereocenters. The monoisotopic (exact) mass is 257 g/mol. The summed E-state index contributed by atoms with van der Waals surface area (Å²) in [4.78, 5) is 4.51. The lowest BCUT2D eigenvalue weighted by molar-refractivity contribution is 0.881. The second kappa shape index (κ2) is 4.66. The minimum Gasteiger partial charge on any atom is -0.233 e. The van der Waals surface area contributed by atoms with Crippen molar-refractivity contribution in [3.8, 4) is 22.1 Å². The van der Waals surface area contributed by atoms with Gasteiger partial charge < -0.3 is 0 Å². The van der Waals surface area contributed by atoms with Crippen LogP contribution in [0.3, 0.4) is 0 Å². The SMILES string of the molecule is CCc1ccc(-c2nc(-c3nn[nH]n3)cs2)cc1. The number of hydrogen-bond acceptors (Lipinski definition) is 5. The first-order chi connectivity index (χ1) is 8.86. The molecule has 0 aliphatic carbocycles. The summed E-state index contributed by atoms with van der Waals surface area (Å²) >= 11 is 1.58. The van der Waals surface area contributed by atoms with Crippen molar-refractivity contribution < 1.29 is 0 Å². The lowest BCUT2D eigenvalue weighted by atomic mass is 10.1. The summed E-state index contributed by atoms with van der Waals surface area (Å²) in [7, 11) is 0. The summed E-state index contributed by atoms with van der Waals surface area (Å²) in [6.07, 6.45) is 1.05. The minimum absolute atomic E-state index is 0.530. The Bertz CT molecular complexity index is 627. The van der Waals surface area contributed by atoms with Crippen molar-refractivity contribution in [1.82, 2.24) is 25.6 Å². The van der Waals surface area contributed by atoms with E-state index in [2.05, 4.69) is 56.8 Å². The summed E-state index contributed by atoms with van der Waals surface area (Å²) in [5, 5.41) is 16.7. The van der Waals surface area contributed by atoms with Crippen LogP contribution >= 0.6 is 11.3 Å². The van der Waals surface area contributed by atoms with Crippen LogP contribution in [0, 0.1) is 0 Å². The van der Waals surface area contributed by atoms with E-state index in [0.29, 0.717) is 5.82 Å². The van der Waals surface area contributed by atoms with Crippen LogP contribution in [0.25, 0.3) is 22.1 Å². The zero-order valence-electron chi connectivity index (χ0n) is 9.79. The molecule has 0 bridgehead atoms. The molecule has 1 aromatic carbocycles. The highest BCUT2D eigenvalue weighted by molar-refractivity contribution is 7.13. The molecule has 0 spiro atoms. The molecule has 0 saturated carbocycles. The maximum absolute atomic E-state index is 4.51. The average molecular weight is 257 g/mol. The molecule has 2 heterocycles. The van der Waals surface area contributed by atoms with Crippen molar-refractivity contribution in [2.75, 3.05) is 0 Å². The predicted octanol–water partition coefficient (Wildman–Crippen LogP) is 2.55. The largest absolute Gasteiger partial charge is 0.233 e. The lowest BCUT2D eigenvalue weighted by Crippen LogP contribution is -1.83. The van der Waals surface area contributed by atoms with Crippen LogP contribution in [-0.2, 0) is 6.42 Å². The van der Waals surface area contributed by atoms with Gasteiger partial charge in [0.25, 0.3) is 0 Å². The molecule has 0 radical (unpaired) electrons. The molecular formula is C12H11N5S. The van der Waals surface area contributed by atoms with Crippen LogP contribution in [0.4, 0.5) is 0 Å². The van der Waals surface area contributed by atoms with Crippen LogP contribution in [-0.4, -0.2) is 25.6 Å². The molecule has 0 aliphatic rings. The van der Waals surface area contributed by atoms with Gasteiger partial charge in [-0.1, -0.05) is 31.2 Å². The molecule has 0 aliphatic heterocycles. The van der Waals surface area contributed by atoms with Gasteiger partial charge in [-0.25, -0.2) is 4.98 Å². The van der Waals surface area contributed by atoms with Crippen molar-refractivity contribution in [3.63, 3.8) is 0 Å². The van der Waals surface area contributed by atoms with Gasteiger partial charge >= 0.3 is 0 Å². The molecule has 1 N–H and O–H groups in total. The first-order valence-corrected chi connectivity index (χ1v) is 6.53. The number of aryl methyl sites for hydroxylation is 1. The molecule has 3 aromatic rings. The highest BCUT2D eigenvalue weighted by Crippen LogP contribution is 2.27. The summed E-state index contributed by atoms with van der Waals surface area (Å²) in [5.41, 5.74) is 3.20. The van der Waals surface area contributed by atoms with Gasteiger partial charge in [-0.05, 0) is 17.2 Å². The third-order valence-corrected chi connectivity index (χ3v) is 3.58. The van der Waals surface area contributed by atoms with Crippen molar-refractivity contribution in [2.24, 2.45) is 0 Å². The van der Waals surface area contributed by atoms with Gasteiger partial charge in [-0.15, -0.1) is 21.5 Å². The number of thiazole rings is 1. The second-order valence-electron chi connectivity index (χ2n) is 3.82. The fourth-order valence-electron chi connectivity index (χ4n) is 1.66. The number of tetrazole rings is 1. The van der Waals surface area contributed by atoms with E-state index in [1.54, 1.807) is 11.3 Å². The number of nitrogens with one attached hydrogen (secondary N) is 1. The van der Waals surface area contributed by atoms with Gasteiger partial charge in [-0.3, -0.25) is 0 Å². The quantitative estimate of drug-likeness (QED) is 0.783. The molecule has 18 heavy (non-hydrogen) atoms. The Morgan fingerprint density at radius 2 is 2.06 bits per heavy atom. The molecule has 3 rings (SSSR count). The molecular weight excluding hydrogens is 246 g/mol. The molecule has 5 nitrogen and oxygen atoms in total. The Balaban J connectivity index is 1.92. The molecule has 2 aromatic heterocycles. The zero-order valence-corrected chi connectivity index (χ0v) is 10.6. The van der Waals surface area contributed by atoms with Gasteiger partial charge in [0.15, 0.2) is 0 Å². The van der Waals surface area contributed by atoms with E-state index in [1.165, 1.54) is 5.56 Å². The molecule has 6 heteroatoms. The Labute approximate surface area is 108 Å². The fourth-order valence-corrected chi connectivity index (χ4v) is 2.47. The van der Waals surface area contributed by atoms with E-state index in [9.17, 15) is 0 Å². The zero-order chi connectivity index (χ0) is 12.4. The normalized spacial score (nSPS) is 10.7. The van der Waals surface area contributed by atoms with Gasteiger partial charge in [0.1, 0.15) is 10.7 Å². The smallest absolute Gasteiger partial charge is 0.223 e. The van der Waals surface area contributed by atoms with E-state index < -0.39 is 0 Å². The van der Waals surface area contributed by atoms with E-state index in [4.69, 9.17) is 0 Å². The number of hydrogen-bond donors (Lipinski definition) is 1. The van der Waals surface area contributed by atoms with Crippen LogP contribution in [0.15, 0.2) is 29.6 Å². The van der Waals surface area contributed by atoms with E-state index >= 15 is 0 Å². The molecule has 0 unspecified atom stereocenters. The van der Waals surface area contributed by atoms with E-state index in [-0.39, 0.29) is 0 Å². The number of aromatic amines is 1. The van der Waals surface area contributed by atoms with Crippen LogP contribution < -0.4 is 0 Å². The van der Waals surface area contributed by atoms with Crippen molar-refractivity contribution >= 4 is 11.3 Å². The van der Waals surface area contributed by atoms with Gasteiger partial charge in [-0.2, -0.15) is 5.21 Å². The Morgan fingerprint density at radius 3 is 2.72 bits per heavy atom. The highest BCUT2D eigenvalue weighted by atomic mass is 32.1. The number of nitrogens with zero attached hydrogens (tertiary/aromatic N) is 4. The van der Waals surface area contributed by atoms with E-state index in [0.717, 1.165) is 22.7 Å². The van der Waals surface area contributed by atoms with Crippen LogP contribution in [0.1, 0.15) is 12.5 Å². The molecule has 0 saturated heterocycles. The average Bonchev–Trinajstić information content (AvgIpc) is 3.09. The first kappa shape index (κ1) is 11.0. The second-order valence-corrected chi connectivity index (χ2v) is 4.68. The maximum Gasteiger partial charge on any atom is 0.223 e. The lowest BCUT2D eigenvalue weighted by Gasteiger charge is -1.98. The summed E-state index contributed by atoms with van der Waals surface area (Å²) in [6, 6.07) is 8.45. The summed E-state index contributed by atoms with van der Waals surface area (Å²) in [6.45, 7) is 2.15. The van der Waals surface area contributed by atoms with Gasteiger partial charge in [0, 0.05) is 10.9 Å². The van der Waals surface area contributed by atoms with Gasteiger partial charge in [0.2, 0.25) is 5.82 Å². The highest BCUT2D eigenvalue weighted by Gasteiger charge is 2.09. The fraction of sp³-hybridized carbons (Fsp3) is 0.167. The Hall–Kier alpha value is -2.08. The molecule has 0 fully saturated rings.